The van der Waals surface area contributed by atoms with E-state index in [9.17, 15) is 0 Å². The molecule has 3 heteroatoms. The molecule has 0 unspecified atom stereocenters. The third-order valence-electron chi connectivity index (χ3n) is 2.67. The van der Waals surface area contributed by atoms with E-state index in [0.29, 0.717) is 0 Å². The predicted molar refractivity (Wildman–Crippen MR) is 61.8 cm³/mol. The van der Waals surface area contributed by atoms with Gasteiger partial charge in [-0.2, -0.15) is 0 Å². The lowest BCUT2D eigenvalue weighted by Gasteiger charge is -2.26. The Hall–Kier alpha value is -0.380. The Balaban J connectivity index is 1.89. The third kappa shape index (κ3) is 2.56. The van der Waals surface area contributed by atoms with Crippen molar-refractivity contribution in [3.63, 3.8) is 0 Å². The fourth-order valence-electron chi connectivity index (χ4n) is 1.82. The highest BCUT2D eigenvalue weighted by Gasteiger charge is 2.10. The number of hydrogen-bond acceptors (Lipinski definition) is 3. The summed E-state index contributed by atoms with van der Waals surface area (Å²) in [4.78, 5) is 4.04. The average Bonchev–Trinajstić information content (AvgIpc) is 2.67. The molecule has 2 heterocycles. The first-order valence-corrected chi connectivity index (χ1v) is 6.26. The molecular weight excluding hydrogens is 192 g/mol. The molecule has 0 saturated carbocycles. The van der Waals surface area contributed by atoms with Crippen molar-refractivity contribution in [1.82, 2.24) is 10.2 Å². The minimum atomic E-state index is 1.14. The van der Waals surface area contributed by atoms with Crippen molar-refractivity contribution >= 4 is 11.3 Å². The van der Waals surface area contributed by atoms with E-state index in [-0.39, 0.29) is 0 Å². The van der Waals surface area contributed by atoms with Gasteiger partial charge in [-0.3, -0.25) is 4.90 Å². The van der Waals surface area contributed by atoms with Crippen LogP contribution in [0.15, 0.2) is 11.4 Å². The molecule has 0 bridgehead atoms. The number of piperazine rings is 1. The quantitative estimate of drug-likeness (QED) is 0.817. The Morgan fingerprint density at radius 2 is 2.21 bits per heavy atom. The number of nitrogens with one attached hydrogen (secondary N) is 1. The molecule has 14 heavy (non-hydrogen) atoms. The molecule has 0 spiro atoms. The molecule has 2 nitrogen and oxygen atoms in total. The maximum atomic E-state index is 3.38. The first kappa shape index (κ1) is 10.1. The molecule has 1 fully saturated rings. The number of hydrogen-bond donors (Lipinski definition) is 1. The van der Waals surface area contributed by atoms with Gasteiger partial charge in [0.1, 0.15) is 0 Å². The molecule has 0 aromatic carbocycles. The Morgan fingerprint density at radius 1 is 1.43 bits per heavy atom. The van der Waals surface area contributed by atoms with Crippen LogP contribution in [0.5, 0.6) is 0 Å². The van der Waals surface area contributed by atoms with Crippen molar-refractivity contribution in [3.8, 4) is 0 Å². The van der Waals surface area contributed by atoms with E-state index in [1.54, 1.807) is 0 Å². The van der Waals surface area contributed by atoms with Crippen LogP contribution in [0.2, 0.25) is 0 Å². The van der Waals surface area contributed by atoms with E-state index in [1.807, 2.05) is 11.3 Å². The van der Waals surface area contributed by atoms with E-state index in [2.05, 4.69) is 28.6 Å². The zero-order chi connectivity index (χ0) is 9.80. The van der Waals surface area contributed by atoms with Gasteiger partial charge in [-0.05, 0) is 23.4 Å². The van der Waals surface area contributed by atoms with Gasteiger partial charge in [0.25, 0.3) is 0 Å². The van der Waals surface area contributed by atoms with Crippen LogP contribution >= 0.6 is 11.3 Å². The van der Waals surface area contributed by atoms with Crippen molar-refractivity contribution in [1.29, 1.82) is 0 Å². The average molecular weight is 210 g/mol. The van der Waals surface area contributed by atoms with Crippen molar-refractivity contribution in [2.45, 2.75) is 19.9 Å². The molecule has 1 saturated heterocycles. The maximum Gasteiger partial charge on any atom is 0.0243 e. The summed E-state index contributed by atoms with van der Waals surface area (Å²) in [6, 6.07) is 2.35. The largest absolute Gasteiger partial charge is 0.314 e. The predicted octanol–water partition coefficient (Wildman–Crippen LogP) is 1.72. The van der Waals surface area contributed by atoms with E-state index in [4.69, 9.17) is 0 Å². The molecular formula is C11H18N2S. The molecule has 0 amide bonds. The van der Waals surface area contributed by atoms with E-state index >= 15 is 0 Å². The Labute approximate surface area is 89.9 Å². The summed E-state index contributed by atoms with van der Waals surface area (Å²) in [7, 11) is 0. The van der Waals surface area contributed by atoms with Crippen molar-refractivity contribution in [2.75, 3.05) is 26.2 Å². The van der Waals surface area contributed by atoms with Crippen molar-refractivity contribution in [2.24, 2.45) is 0 Å². The van der Waals surface area contributed by atoms with Gasteiger partial charge in [0, 0.05) is 37.6 Å². The molecule has 78 valence electrons. The fourth-order valence-corrected chi connectivity index (χ4v) is 2.65. The molecule has 1 aliphatic rings. The smallest absolute Gasteiger partial charge is 0.0243 e. The first-order valence-electron chi connectivity index (χ1n) is 5.38. The summed E-state index contributed by atoms with van der Waals surface area (Å²) < 4.78 is 0. The number of rotatable bonds is 3. The Morgan fingerprint density at radius 3 is 2.86 bits per heavy atom. The molecule has 0 aliphatic carbocycles. The monoisotopic (exact) mass is 210 g/mol. The molecule has 1 aromatic heterocycles. The molecule has 0 atom stereocenters. The van der Waals surface area contributed by atoms with Crippen LogP contribution in [0, 0.1) is 0 Å². The summed E-state index contributed by atoms with van der Waals surface area (Å²) in [5.74, 6) is 0. The van der Waals surface area contributed by atoms with Crippen LogP contribution in [-0.2, 0) is 13.0 Å². The van der Waals surface area contributed by atoms with Gasteiger partial charge in [-0.1, -0.05) is 6.92 Å². The normalized spacial score (nSPS) is 18.6. The van der Waals surface area contributed by atoms with Crippen LogP contribution < -0.4 is 5.32 Å². The van der Waals surface area contributed by atoms with E-state index in [0.717, 1.165) is 19.6 Å². The van der Waals surface area contributed by atoms with Gasteiger partial charge in [0.05, 0.1) is 0 Å². The maximum absolute atomic E-state index is 3.38. The van der Waals surface area contributed by atoms with E-state index < -0.39 is 0 Å². The summed E-state index contributed by atoms with van der Waals surface area (Å²) >= 11 is 1.90. The fraction of sp³-hybridized carbons (Fsp3) is 0.636. The number of aryl methyl sites for hydroxylation is 1. The number of thiophene rings is 1. The van der Waals surface area contributed by atoms with Gasteiger partial charge >= 0.3 is 0 Å². The zero-order valence-corrected chi connectivity index (χ0v) is 9.57. The van der Waals surface area contributed by atoms with Crippen LogP contribution in [0.4, 0.5) is 0 Å². The molecule has 1 aromatic rings. The highest BCUT2D eigenvalue weighted by atomic mass is 32.1. The van der Waals surface area contributed by atoms with Crippen LogP contribution in [0.3, 0.4) is 0 Å². The van der Waals surface area contributed by atoms with Gasteiger partial charge < -0.3 is 5.32 Å². The Bertz CT molecular complexity index is 277. The summed E-state index contributed by atoms with van der Waals surface area (Å²) in [5.41, 5.74) is 1.49. The summed E-state index contributed by atoms with van der Waals surface area (Å²) in [6.07, 6.45) is 1.17. The first-order chi connectivity index (χ1) is 6.88. The SMILES string of the molecule is CCc1cc(CN2CCNCC2)cs1. The lowest BCUT2D eigenvalue weighted by molar-refractivity contribution is 0.233. The molecule has 1 N–H and O–H groups in total. The van der Waals surface area contributed by atoms with Gasteiger partial charge in [0.15, 0.2) is 0 Å². The van der Waals surface area contributed by atoms with Crippen LogP contribution in [-0.4, -0.2) is 31.1 Å². The zero-order valence-electron chi connectivity index (χ0n) is 8.75. The van der Waals surface area contributed by atoms with Gasteiger partial charge in [-0.15, -0.1) is 11.3 Å². The second-order valence-corrected chi connectivity index (χ2v) is 4.80. The van der Waals surface area contributed by atoms with Gasteiger partial charge in [-0.25, -0.2) is 0 Å². The number of nitrogens with zero attached hydrogens (tertiary/aromatic N) is 1. The van der Waals surface area contributed by atoms with Crippen molar-refractivity contribution in [3.05, 3.63) is 21.9 Å². The van der Waals surface area contributed by atoms with Gasteiger partial charge in [0.2, 0.25) is 0 Å². The molecule has 1 aliphatic heterocycles. The minimum absolute atomic E-state index is 1.14. The highest BCUT2D eigenvalue weighted by molar-refractivity contribution is 7.10. The van der Waals surface area contributed by atoms with Crippen LogP contribution in [0.25, 0.3) is 0 Å². The lowest BCUT2D eigenvalue weighted by Crippen LogP contribution is -2.42. The Kier molecular flexibility index (Phi) is 3.56. The topological polar surface area (TPSA) is 15.3 Å². The summed E-state index contributed by atoms with van der Waals surface area (Å²) in [5, 5.41) is 5.68. The molecule has 2 rings (SSSR count). The lowest BCUT2D eigenvalue weighted by atomic mass is 10.2. The second kappa shape index (κ2) is 4.91. The molecule has 0 radical (unpaired) electrons. The van der Waals surface area contributed by atoms with Crippen LogP contribution in [0.1, 0.15) is 17.4 Å². The minimum Gasteiger partial charge on any atom is -0.314 e. The van der Waals surface area contributed by atoms with Crippen molar-refractivity contribution < 1.29 is 0 Å². The third-order valence-corrected chi connectivity index (χ3v) is 3.80. The summed E-state index contributed by atoms with van der Waals surface area (Å²) in [6.45, 7) is 8.03. The van der Waals surface area contributed by atoms with E-state index in [1.165, 1.54) is 30.0 Å². The second-order valence-electron chi connectivity index (χ2n) is 3.80. The highest BCUT2D eigenvalue weighted by Crippen LogP contribution is 2.16. The standard InChI is InChI=1S/C11H18N2S/c1-2-11-7-10(9-14-11)8-13-5-3-12-4-6-13/h7,9,12H,2-6,8H2,1H3.